The maximum Gasteiger partial charge on any atom is 0.304 e. The Morgan fingerprint density at radius 3 is 2.43 bits per heavy atom. The summed E-state index contributed by atoms with van der Waals surface area (Å²) in [6.07, 6.45) is 1.24. The minimum Gasteiger partial charge on any atom is -0.497 e. The summed E-state index contributed by atoms with van der Waals surface area (Å²) < 4.78 is 10.6. The molecular weight excluding hydrogens is 294 g/mol. The van der Waals surface area contributed by atoms with Gasteiger partial charge in [0.25, 0.3) is 0 Å². The van der Waals surface area contributed by atoms with Crippen molar-refractivity contribution >= 4 is 18.4 Å². The summed E-state index contributed by atoms with van der Waals surface area (Å²) in [6, 6.07) is 5.93. The first-order valence-corrected chi connectivity index (χ1v) is 6.79. The number of hydrogen-bond donors (Lipinski definition) is 1. The van der Waals surface area contributed by atoms with E-state index in [1.165, 1.54) is 5.56 Å². The van der Waals surface area contributed by atoms with Crippen LogP contribution in [-0.4, -0.2) is 49.8 Å². The molecule has 0 bridgehead atoms. The van der Waals surface area contributed by atoms with Crippen molar-refractivity contribution in [3.63, 3.8) is 0 Å². The second-order valence-corrected chi connectivity index (χ2v) is 5.08. The van der Waals surface area contributed by atoms with Gasteiger partial charge in [-0.1, -0.05) is 0 Å². The first-order chi connectivity index (χ1) is 9.62. The van der Waals surface area contributed by atoms with E-state index in [4.69, 9.17) is 14.6 Å². The van der Waals surface area contributed by atoms with Gasteiger partial charge in [0.05, 0.1) is 20.6 Å². The predicted octanol–water partition coefficient (Wildman–Crippen LogP) is 2.39. The van der Waals surface area contributed by atoms with Gasteiger partial charge in [-0.2, -0.15) is 0 Å². The molecule has 1 aromatic carbocycles. The van der Waals surface area contributed by atoms with Crippen LogP contribution < -0.4 is 9.47 Å². The summed E-state index contributed by atoms with van der Waals surface area (Å²) in [5.41, 5.74) is 1.19. The van der Waals surface area contributed by atoms with Crippen LogP contribution in [0.3, 0.4) is 0 Å². The first-order valence-electron chi connectivity index (χ1n) is 6.79. The highest BCUT2D eigenvalue weighted by molar-refractivity contribution is 5.85. The fourth-order valence-corrected chi connectivity index (χ4v) is 2.63. The van der Waals surface area contributed by atoms with E-state index in [9.17, 15) is 4.79 Å². The number of rotatable bonds is 6. The Balaban J connectivity index is 0.00000220. The summed E-state index contributed by atoms with van der Waals surface area (Å²) in [4.78, 5) is 12.8. The number of hydrogen-bond acceptors (Lipinski definition) is 4. The van der Waals surface area contributed by atoms with Crippen LogP contribution in [0.4, 0.5) is 0 Å². The Morgan fingerprint density at radius 1 is 1.29 bits per heavy atom. The van der Waals surface area contributed by atoms with Crippen molar-refractivity contribution in [1.29, 1.82) is 0 Å². The molecule has 0 aliphatic carbocycles. The third-order valence-corrected chi connectivity index (χ3v) is 3.76. The SMILES string of the molecule is COc1cc(OC)cc(C2CCN(CCC(=O)O)C2)c1.Cl. The van der Waals surface area contributed by atoms with Crippen LogP contribution in [0.15, 0.2) is 18.2 Å². The Labute approximate surface area is 131 Å². The van der Waals surface area contributed by atoms with Gasteiger partial charge in [-0.05, 0) is 36.6 Å². The van der Waals surface area contributed by atoms with E-state index in [0.29, 0.717) is 12.5 Å². The Bertz CT molecular complexity index is 458. The van der Waals surface area contributed by atoms with Gasteiger partial charge in [0.1, 0.15) is 11.5 Å². The number of benzene rings is 1. The molecule has 1 atom stereocenters. The molecule has 1 N–H and O–H groups in total. The summed E-state index contributed by atoms with van der Waals surface area (Å²) in [5, 5.41) is 8.73. The van der Waals surface area contributed by atoms with Crippen LogP contribution in [0, 0.1) is 0 Å². The zero-order valence-electron chi connectivity index (χ0n) is 12.4. The monoisotopic (exact) mass is 315 g/mol. The maximum atomic E-state index is 10.6. The molecular formula is C15H22ClNO4. The molecule has 118 valence electrons. The number of carbonyl (C=O) groups is 1. The van der Waals surface area contributed by atoms with Crippen molar-refractivity contribution in [3.8, 4) is 11.5 Å². The smallest absolute Gasteiger partial charge is 0.304 e. The molecule has 0 aromatic heterocycles. The molecule has 0 spiro atoms. The number of nitrogens with zero attached hydrogens (tertiary/aromatic N) is 1. The number of likely N-dealkylation sites (tertiary alicyclic amines) is 1. The zero-order chi connectivity index (χ0) is 14.5. The van der Waals surface area contributed by atoms with E-state index in [-0.39, 0.29) is 18.8 Å². The molecule has 1 heterocycles. The van der Waals surface area contributed by atoms with Crippen LogP contribution >= 0.6 is 12.4 Å². The highest BCUT2D eigenvalue weighted by atomic mass is 35.5. The van der Waals surface area contributed by atoms with E-state index in [0.717, 1.165) is 31.0 Å². The van der Waals surface area contributed by atoms with Crippen molar-refractivity contribution in [2.45, 2.75) is 18.8 Å². The molecule has 21 heavy (non-hydrogen) atoms. The van der Waals surface area contributed by atoms with Crippen molar-refractivity contribution in [2.75, 3.05) is 33.9 Å². The summed E-state index contributed by atoms with van der Waals surface area (Å²) in [5.74, 6) is 1.26. The van der Waals surface area contributed by atoms with Gasteiger partial charge in [-0.3, -0.25) is 4.79 Å². The summed E-state index contributed by atoms with van der Waals surface area (Å²) >= 11 is 0. The molecule has 5 nitrogen and oxygen atoms in total. The quantitative estimate of drug-likeness (QED) is 0.873. The maximum absolute atomic E-state index is 10.6. The van der Waals surface area contributed by atoms with Gasteiger partial charge in [0.2, 0.25) is 0 Å². The number of carboxylic acids is 1. The molecule has 0 amide bonds. The number of halogens is 1. The molecule has 1 saturated heterocycles. The molecule has 0 saturated carbocycles. The van der Waals surface area contributed by atoms with Crippen molar-refractivity contribution in [1.82, 2.24) is 4.90 Å². The van der Waals surface area contributed by atoms with E-state index in [1.807, 2.05) is 18.2 Å². The number of carboxylic acid groups (broad SMARTS) is 1. The number of ether oxygens (including phenoxy) is 2. The second-order valence-electron chi connectivity index (χ2n) is 5.08. The van der Waals surface area contributed by atoms with Gasteiger partial charge in [-0.25, -0.2) is 0 Å². The van der Waals surface area contributed by atoms with Crippen molar-refractivity contribution in [3.05, 3.63) is 23.8 Å². The molecule has 1 aromatic rings. The third kappa shape index (κ3) is 4.79. The highest BCUT2D eigenvalue weighted by Gasteiger charge is 2.24. The van der Waals surface area contributed by atoms with Gasteiger partial charge in [0.15, 0.2) is 0 Å². The number of aliphatic carboxylic acids is 1. The van der Waals surface area contributed by atoms with E-state index in [1.54, 1.807) is 14.2 Å². The van der Waals surface area contributed by atoms with Crippen molar-refractivity contribution in [2.24, 2.45) is 0 Å². The largest absolute Gasteiger partial charge is 0.497 e. The number of methoxy groups -OCH3 is 2. The van der Waals surface area contributed by atoms with Crippen LogP contribution in [0.1, 0.15) is 24.3 Å². The normalized spacial score (nSPS) is 18.1. The average Bonchev–Trinajstić information content (AvgIpc) is 2.93. The molecule has 1 unspecified atom stereocenters. The lowest BCUT2D eigenvalue weighted by atomic mass is 9.98. The lowest BCUT2D eigenvalue weighted by molar-refractivity contribution is -0.137. The average molecular weight is 316 g/mol. The molecule has 0 radical (unpaired) electrons. The van der Waals surface area contributed by atoms with Crippen LogP contribution in [0.5, 0.6) is 11.5 Å². The molecule has 1 fully saturated rings. The standard InChI is InChI=1S/C15H21NO4.ClH/c1-19-13-7-12(8-14(9-13)20-2)11-3-5-16(10-11)6-4-15(17)18;/h7-9,11H,3-6,10H2,1-2H3,(H,17,18);1H. The first kappa shape index (κ1) is 17.6. The van der Waals surface area contributed by atoms with E-state index < -0.39 is 5.97 Å². The zero-order valence-corrected chi connectivity index (χ0v) is 13.2. The third-order valence-electron chi connectivity index (χ3n) is 3.76. The topological polar surface area (TPSA) is 59.0 Å². The Kier molecular flexibility index (Phi) is 6.78. The van der Waals surface area contributed by atoms with Gasteiger partial charge in [0, 0.05) is 19.2 Å². The van der Waals surface area contributed by atoms with Crippen LogP contribution in [0.25, 0.3) is 0 Å². The minimum absolute atomic E-state index is 0. The molecule has 1 aliphatic rings. The Hall–Kier alpha value is -1.46. The van der Waals surface area contributed by atoms with Gasteiger partial charge >= 0.3 is 5.97 Å². The molecule has 1 aliphatic heterocycles. The summed E-state index contributed by atoms with van der Waals surface area (Å²) in [6.45, 7) is 2.45. The van der Waals surface area contributed by atoms with Gasteiger partial charge < -0.3 is 19.5 Å². The lowest BCUT2D eigenvalue weighted by Gasteiger charge is -2.16. The Morgan fingerprint density at radius 2 is 1.90 bits per heavy atom. The molecule has 6 heteroatoms. The van der Waals surface area contributed by atoms with Crippen molar-refractivity contribution < 1.29 is 19.4 Å². The van der Waals surface area contributed by atoms with E-state index >= 15 is 0 Å². The highest BCUT2D eigenvalue weighted by Crippen LogP contribution is 2.32. The second kappa shape index (κ2) is 8.10. The fraction of sp³-hybridized carbons (Fsp3) is 0.533. The lowest BCUT2D eigenvalue weighted by Crippen LogP contribution is -2.23. The minimum atomic E-state index is -0.739. The molecule has 2 rings (SSSR count). The van der Waals surface area contributed by atoms with E-state index in [2.05, 4.69) is 4.90 Å². The van der Waals surface area contributed by atoms with Gasteiger partial charge in [-0.15, -0.1) is 12.4 Å². The summed E-state index contributed by atoms with van der Waals surface area (Å²) in [7, 11) is 3.29. The predicted molar refractivity (Wildman–Crippen MR) is 82.8 cm³/mol. The van der Waals surface area contributed by atoms with Crippen LogP contribution in [0.2, 0.25) is 0 Å². The fourth-order valence-electron chi connectivity index (χ4n) is 2.63. The van der Waals surface area contributed by atoms with Crippen LogP contribution in [-0.2, 0) is 4.79 Å².